The summed E-state index contributed by atoms with van der Waals surface area (Å²) in [7, 11) is -1.86. The zero-order chi connectivity index (χ0) is 15.3. The van der Waals surface area contributed by atoms with Crippen LogP contribution in [0.5, 0.6) is 0 Å². The standard InChI is InChI=1S/C14H24N4O2S/c1-12(13-5-3-8-15-11-13)17-21(19,20)18(2)10-4-9-16-14-6-7-14/h3,5,8,11-12,14,16-17H,4,6-7,9-10H2,1-2H3. The number of pyridine rings is 1. The van der Waals surface area contributed by atoms with Gasteiger partial charge < -0.3 is 5.32 Å². The maximum Gasteiger partial charge on any atom is 0.279 e. The molecule has 21 heavy (non-hydrogen) atoms. The van der Waals surface area contributed by atoms with E-state index >= 15 is 0 Å². The van der Waals surface area contributed by atoms with Gasteiger partial charge in [0.25, 0.3) is 10.2 Å². The zero-order valence-electron chi connectivity index (χ0n) is 12.6. The minimum Gasteiger partial charge on any atom is -0.314 e. The molecule has 0 aliphatic heterocycles. The Hall–Kier alpha value is -1.02. The van der Waals surface area contributed by atoms with E-state index in [1.54, 1.807) is 25.5 Å². The Balaban J connectivity index is 1.78. The van der Waals surface area contributed by atoms with Crippen molar-refractivity contribution >= 4 is 10.2 Å². The van der Waals surface area contributed by atoms with Gasteiger partial charge in [0.2, 0.25) is 0 Å². The van der Waals surface area contributed by atoms with E-state index in [4.69, 9.17) is 0 Å². The molecule has 1 aliphatic rings. The molecule has 1 aliphatic carbocycles. The zero-order valence-corrected chi connectivity index (χ0v) is 13.4. The minimum absolute atomic E-state index is 0.296. The van der Waals surface area contributed by atoms with Crippen molar-refractivity contribution in [2.24, 2.45) is 0 Å². The average Bonchev–Trinajstić information content (AvgIpc) is 3.28. The van der Waals surface area contributed by atoms with Crippen LogP contribution in [0.25, 0.3) is 0 Å². The van der Waals surface area contributed by atoms with E-state index in [1.165, 1.54) is 17.1 Å². The molecule has 1 unspecified atom stereocenters. The topological polar surface area (TPSA) is 74.3 Å². The van der Waals surface area contributed by atoms with E-state index in [1.807, 2.05) is 13.0 Å². The highest BCUT2D eigenvalue weighted by molar-refractivity contribution is 7.87. The van der Waals surface area contributed by atoms with Crippen molar-refractivity contribution in [2.45, 2.75) is 38.3 Å². The molecule has 2 N–H and O–H groups in total. The average molecular weight is 312 g/mol. The molecule has 0 saturated heterocycles. The molecule has 0 spiro atoms. The first-order chi connectivity index (χ1) is 9.99. The van der Waals surface area contributed by atoms with Gasteiger partial charge in [0, 0.05) is 38.1 Å². The van der Waals surface area contributed by atoms with Gasteiger partial charge in [-0.3, -0.25) is 4.98 Å². The first kappa shape index (κ1) is 16.4. The van der Waals surface area contributed by atoms with Crippen LogP contribution in [0, 0.1) is 0 Å². The third-order valence-corrected chi connectivity index (χ3v) is 5.24. The Morgan fingerprint density at radius 2 is 2.24 bits per heavy atom. The Morgan fingerprint density at radius 1 is 1.48 bits per heavy atom. The van der Waals surface area contributed by atoms with Crippen LogP contribution in [0.4, 0.5) is 0 Å². The Kier molecular flexibility index (Phi) is 5.69. The third-order valence-electron chi connectivity index (χ3n) is 3.58. The molecule has 1 saturated carbocycles. The molecule has 0 bridgehead atoms. The summed E-state index contributed by atoms with van der Waals surface area (Å²) >= 11 is 0. The van der Waals surface area contributed by atoms with Crippen molar-refractivity contribution in [3.05, 3.63) is 30.1 Å². The molecule has 1 fully saturated rings. The molecule has 1 atom stereocenters. The Morgan fingerprint density at radius 3 is 2.86 bits per heavy atom. The van der Waals surface area contributed by atoms with Gasteiger partial charge in [-0.15, -0.1) is 0 Å². The van der Waals surface area contributed by atoms with Crippen molar-refractivity contribution < 1.29 is 8.42 Å². The third kappa shape index (κ3) is 5.35. The highest BCUT2D eigenvalue weighted by Crippen LogP contribution is 2.18. The van der Waals surface area contributed by atoms with Crippen LogP contribution >= 0.6 is 0 Å². The predicted octanol–water partition coefficient (Wildman–Crippen LogP) is 1.05. The maximum atomic E-state index is 12.2. The Labute approximate surface area is 127 Å². The van der Waals surface area contributed by atoms with Crippen LogP contribution in [0.3, 0.4) is 0 Å². The molecule has 2 rings (SSSR count). The van der Waals surface area contributed by atoms with E-state index in [0.29, 0.717) is 12.6 Å². The van der Waals surface area contributed by atoms with Crippen molar-refractivity contribution in [1.29, 1.82) is 0 Å². The highest BCUT2D eigenvalue weighted by atomic mass is 32.2. The fourth-order valence-electron chi connectivity index (χ4n) is 2.03. The van der Waals surface area contributed by atoms with Crippen molar-refractivity contribution in [3.8, 4) is 0 Å². The summed E-state index contributed by atoms with van der Waals surface area (Å²) in [6, 6.07) is 4.03. The van der Waals surface area contributed by atoms with E-state index in [-0.39, 0.29) is 6.04 Å². The molecule has 7 heteroatoms. The summed E-state index contributed by atoms with van der Waals surface area (Å²) in [6.07, 6.45) is 6.66. The van der Waals surface area contributed by atoms with Gasteiger partial charge in [-0.05, 0) is 44.4 Å². The fraction of sp³-hybridized carbons (Fsp3) is 0.643. The SMILES string of the molecule is CC(NS(=O)(=O)N(C)CCCNC1CC1)c1cccnc1. The van der Waals surface area contributed by atoms with Crippen LogP contribution in [-0.4, -0.2) is 43.9 Å². The lowest BCUT2D eigenvalue weighted by molar-refractivity contribution is 0.438. The number of hydrogen-bond donors (Lipinski definition) is 2. The highest BCUT2D eigenvalue weighted by Gasteiger charge is 2.22. The predicted molar refractivity (Wildman–Crippen MR) is 83.0 cm³/mol. The van der Waals surface area contributed by atoms with Gasteiger partial charge in [0.1, 0.15) is 0 Å². The largest absolute Gasteiger partial charge is 0.314 e. The Bertz CT molecular complexity index is 531. The fourth-order valence-corrected chi connectivity index (χ4v) is 3.16. The van der Waals surface area contributed by atoms with Crippen molar-refractivity contribution in [1.82, 2.24) is 19.3 Å². The molecule has 118 valence electrons. The quantitative estimate of drug-likeness (QED) is 0.669. The number of hydrogen-bond acceptors (Lipinski definition) is 4. The second-order valence-electron chi connectivity index (χ2n) is 5.53. The number of nitrogens with zero attached hydrogens (tertiary/aromatic N) is 2. The van der Waals surface area contributed by atoms with E-state index in [2.05, 4.69) is 15.0 Å². The van der Waals surface area contributed by atoms with E-state index in [9.17, 15) is 8.42 Å². The first-order valence-corrected chi connectivity index (χ1v) is 8.80. The smallest absolute Gasteiger partial charge is 0.279 e. The molecule has 0 aromatic carbocycles. The molecule has 0 amide bonds. The molecule has 0 radical (unpaired) electrons. The summed E-state index contributed by atoms with van der Waals surface area (Å²) in [5.74, 6) is 0. The lowest BCUT2D eigenvalue weighted by Crippen LogP contribution is -2.40. The van der Waals surface area contributed by atoms with Crippen LogP contribution in [-0.2, 0) is 10.2 Å². The number of aromatic nitrogens is 1. The van der Waals surface area contributed by atoms with Gasteiger partial charge in [0.15, 0.2) is 0 Å². The molecular weight excluding hydrogens is 288 g/mol. The lowest BCUT2D eigenvalue weighted by atomic mass is 10.2. The van der Waals surface area contributed by atoms with Gasteiger partial charge >= 0.3 is 0 Å². The maximum absolute atomic E-state index is 12.2. The van der Waals surface area contributed by atoms with E-state index < -0.39 is 10.2 Å². The van der Waals surface area contributed by atoms with Crippen LogP contribution < -0.4 is 10.0 Å². The van der Waals surface area contributed by atoms with Gasteiger partial charge in [-0.1, -0.05) is 6.07 Å². The summed E-state index contributed by atoms with van der Waals surface area (Å²) in [4.78, 5) is 4.01. The normalized spacial score (nSPS) is 17.1. The van der Waals surface area contributed by atoms with Crippen LogP contribution in [0.2, 0.25) is 0 Å². The summed E-state index contributed by atoms with van der Waals surface area (Å²) in [6.45, 7) is 3.19. The molecule has 1 aromatic rings. The molecular formula is C14H24N4O2S. The summed E-state index contributed by atoms with van der Waals surface area (Å²) in [5, 5.41) is 3.38. The van der Waals surface area contributed by atoms with Gasteiger partial charge in [-0.2, -0.15) is 17.4 Å². The monoisotopic (exact) mass is 312 g/mol. The van der Waals surface area contributed by atoms with Crippen molar-refractivity contribution in [3.63, 3.8) is 0 Å². The second-order valence-corrected chi connectivity index (χ2v) is 7.34. The second kappa shape index (κ2) is 7.31. The van der Waals surface area contributed by atoms with Gasteiger partial charge in [-0.25, -0.2) is 0 Å². The summed E-state index contributed by atoms with van der Waals surface area (Å²) in [5.41, 5.74) is 0.852. The molecule has 1 aromatic heterocycles. The number of rotatable bonds is 9. The van der Waals surface area contributed by atoms with E-state index in [0.717, 1.165) is 18.5 Å². The minimum atomic E-state index is -3.46. The van der Waals surface area contributed by atoms with Crippen molar-refractivity contribution in [2.75, 3.05) is 20.1 Å². The molecule has 6 nitrogen and oxygen atoms in total. The summed E-state index contributed by atoms with van der Waals surface area (Å²) < 4.78 is 28.5. The van der Waals surface area contributed by atoms with Gasteiger partial charge in [0.05, 0.1) is 0 Å². The first-order valence-electron chi connectivity index (χ1n) is 7.36. The van der Waals surface area contributed by atoms with Crippen LogP contribution in [0.1, 0.15) is 37.8 Å². The van der Waals surface area contributed by atoms with Crippen LogP contribution in [0.15, 0.2) is 24.5 Å². The number of nitrogens with one attached hydrogen (secondary N) is 2. The lowest BCUT2D eigenvalue weighted by Gasteiger charge is -2.21. The molecule has 1 heterocycles.